The van der Waals surface area contributed by atoms with E-state index in [1.54, 1.807) is 0 Å². The number of aryl methyl sites for hydroxylation is 2. The normalized spacial score (nSPS) is 9.25. The zero-order valence-electron chi connectivity index (χ0n) is 9.67. The minimum absolute atomic E-state index is 0.617. The molecule has 82 valence electrons. The lowest BCUT2D eigenvalue weighted by Crippen LogP contribution is -2.05. The molecule has 16 heavy (non-hydrogen) atoms. The van der Waals surface area contributed by atoms with Gasteiger partial charge in [0, 0.05) is 18.7 Å². The third-order valence-corrected chi connectivity index (χ3v) is 2.25. The molecule has 0 saturated heterocycles. The zero-order chi connectivity index (χ0) is 12.0. The maximum atomic E-state index is 9.03. The molecule has 0 saturated carbocycles. The molecule has 0 unspecified atom stereocenters. The lowest BCUT2D eigenvalue weighted by molar-refractivity contribution is 0.905. The lowest BCUT2D eigenvalue weighted by atomic mass is 10.1. The van der Waals surface area contributed by atoms with Gasteiger partial charge in [-0.05, 0) is 26.3 Å². The van der Waals surface area contributed by atoms with Gasteiger partial charge in [0.1, 0.15) is 6.07 Å². The fraction of sp³-hybridized carbons (Fsp3) is 0.385. The topological polar surface area (TPSA) is 48.7 Å². The average molecular weight is 213 g/mol. The highest BCUT2D eigenvalue weighted by atomic mass is 14.9. The third kappa shape index (κ3) is 3.00. The van der Waals surface area contributed by atoms with Crippen LogP contribution in [0.2, 0.25) is 0 Å². The van der Waals surface area contributed by atoms with Crippen LogP contribution in [0.3, 0.4) is 0 Å². The van der Waals surface area contributed by atoms with E-state index in [0.717, 1.165) is 36.5 Å². The first-order valence-corrected chi connectivity index (χ1v) is 5.24. The Labute approximate surface area is 96.5 Å². The number of terminal acetylenes is 1. The van der Waals surface area contributed by atoms with E-state index >= 15 is 0 Å². The van der Waals surface area contributed by atoms with Crippen LogP contribution in [0.4, 0.5) is 5.69 Å². The van der Waals surface area contributed by atoms with Gasteiger partial charge >= 0.3 is 0 Å². The van der Waals surface area contributed by atoms with Crippen LogP contribution in [-0.2, 0) is 0 Å². The van der Waals surface area contributed by atoms with Crippen molar-refractivity contribution in [2.75, 3.05) is 11.9 Å². The van der Waals surface area contributed by atoms with Gasteiger partial charge in [0.25, 0.3) is 0 Å². The maximum Gasteiger partial charge on any atom is 0.103 e. The van der Waals surface area contributed by atoms with E-state index in [0.29, 0.717) is 5.56 Å². The van der Waals surface area contributed by atoms with Gasteiger partial charge in [0.2, 0.25) is 0 Å². The molecule has 1 aromatic heterocycles. The molecule has 1 aromatic rings. The molecule has 0 fully saturated rings. The number of nitriles is 1. The monoisotopic (exact) mass is 213 g/mol. The first-order valence-electron chi connectivity index (χ1n) is 5.24. The van der Waals surface area contributed by atoms with Crippen molar-refractivity contribution < 1.29 is 0 Å². The van der Waals surface area contributed by atoms with Gasteiger partial charge in [0.05, 0.1) is 16.9 Å². The van der Waals surface area contributed by atoms with Gasteiger partial charge < -0.3 is 5.32 Å². The number of anilines is 1. The first-order chi connectivity index (χ1) is 7.69. The molecule has 0 radical (unpaired) electrons. The second-order valence-corrected chi connectivity index (χ2v) is 3.62. The van der Waals surface area contributed by atoms with Crippen molar-refractivity contribution in [1.29, 1.82) is 5.26 Å². The summed E-state index contributed by atoms with van der Waals surface area (Å²) in [5.74, 6) is 2.59. The van der Waals surface area contributed by atoms with Gasteiger partial charge in [-0.15, -0.1) is 12.3 Å². The Morgan fingerprint density at radius 3 is 2.88 bits per heavy atom. The van der Waals surface area contributed by atoms with Crippen molar-refractivity contribution in [3.8, 4) is 18.4 Å². The van der Waals surface area contributed by atoms with Gasteiger partial charge in [-0.25, -0.2) is 0 Å². The molecule has 1 heterocycles. The number of hydrogen-bond acceptors (Lipinski definition) is 3. The number of hydrogen-bond donors (Lipinski definition) is 1. The average Bonchev–Trinajstić information content (AvgIpc) is 2.24. The minimum atomic E-state index is 0.617. The molecule has 0 atom stereocenters. The van der Waals surface area contributed by atoms with Crippen molar-refractivity contribution >= 4 is 5.69 Å². The molecule has 0 spiro atoms. The van der Waals surface area contributed by atoms with E-state index in [1.165, 1.54) is 0 Å². The molecule has 0 aliphatic rings. The molecule has 0 aliphatic heterocycles. The van der Waals surface area contributed by atoms with Gasteiger partial charge in [-0.3, -0.25) is 4.98 Å². The smallest absolute Gasteiger partial charge is 0.103 e. The van der Waals surface area contributed by atoms with Crippen molar-refractivity contribution in [3.05, 3.63) is 23.0 Å². The van der Waals surface area contributed by atoms with Crippen LogP contribution in [0, 0.1) is 37.5 Å². The fourth-order valence-electron chi connectivity index (χ4n) is 1.52. The van der Waals surface area contributed by atoms with E-state index in [2.05, 4.69) is 22.3 Å². The van der Waals surface area contributed by atoms with E-state index in [-0.39, 0.29) is 0 Å². The van der Waals surface area contributed by atoms with Crippen LogP contribution in [0.15, 0.2) is 6.07 Å². The van der Waals surface area contributed by atoms with Crippen molar-refractivity contribution in [1.82, 2.24) is 4.98 Å². The number of nitrogens with zero attached hydrogens (tertiary/aromatic N) is 2. The molecule has 0 amide bonds. The molecule has 0 aromatic carbocycles. The molecule has 0 aliphatic carbocycles. The van der Waals surface area contributed by atoms with Crippen LogP contribution in [-0.4, -0.2) is 11.5 Å². The molecule has 3 heteroatoms. The van der Waals surface area contributed by atoms with E-state index in [4.69, 9.17) is 11.7 Å². The van der Waals surface area contributed by atoms with Gasteiger partial charge in [0.15, 0.2) is 0 Å². The Bertz CT molecular complexity index is 449. The third-order valence-electron chi connectivity index (χ3n) is 2.25. The Kier molecular flexibility index (Phi) is 4.36. The predicted molar refractivity (Wildman–Crippen MR) is 65.0 cm³/mol. The Morgan fingerprint density at radius 2 is 2.25 bits per heavy atom. The number of unbranched alkanes of at least 4 members (excludes halogenated alkanes) is 1. The fourth-order valence-corrected chi connectivity index (χ4v) is 1.52. The summed E-state index contributed by atoms with van der Waals surface area (Å²) < 4.78 is 0. The molecule has 3 nitrogen and oxygen atoms in total. The van der Waals surface area contributed by atoms with Crippen molar-refractivity contribution in [2.45, 2.75) is 26.7 Å². The summed E-state index contributed by atoms with van der Waals surface area (Å²) in [4.78, 5) is 4.25. The summed E-state index contributed by atoms with van der Waals surface area (Å²) in [7, 11) is 0. The van der Waals surface area contributed by atoms with E-state index in [1.807, 2.05) is 19.9 Å². The van der Waals surface area contributed by atoms with Crippen molar-refractivity contribution in [2.24, 2.45) is 0 Å². The van der Waals surface area contributed by atoms with Crippen molar-refractivity contribution in [3.63, 3.8) is 0 Å². The van der Waals surface area contributed by atoms with Crippen LogP contribution >= 0.6 is 0 Å². The Balaban J connectivity index is 2.79. The van der Waals surface area contributed by atoms with Crippen LogP contribution in [0.1, 0.15) is 29.8 Å². The number of aromatic nitrogens is 1. The number of rotatable bonds is 4. The largest absolute Gasteiger partial charge is 0.384 e. The lowest BCUT2D eigenvalue weighted by Gasteiger charge is -2.09. The quantitative estimate of drug-likeness (QED) is 0.617. The molecular formula is C13H15N3. The number of nitrogens with one attached hydrogen (secondary N) is 1. The van der Waals surface area contributed by atoms with Crippen LogP contribution < -0.4 is 5.32 Å². The minimum Gasteiger partial charge on any atom is -0.384 e. The SMILES string of the molecule is C#CCCCNc1cc(C)nc(C)c1C#N. The summed E-state index contributed by atoms with van der Waals surface area (Å²) in [5, 5.41) is 12.3. The molecule has 1 N–H and O–H groups in total. The molecule has 0 bridgehead atoms. The van der Waals surface area contributed by atoms with E-state index < -0.39 is 0 Å². The second kappa shape index (κ2) is 5.78. The number of pyridine rings is 1. The van der Waals surface area contributed by atoms with Crippen LogP contribution in [0.25, 0.3) is 0 Å². The zero-order valence-corrected chi connectivity index (χ0v) is 9.67. The Morgan fingerprint density at radius 1 is 1.50 bits per heavy atom. The Hall–Kier alpha value is -2.00. The van der Waals surface area contributed by atoms with E-state index in [9.17, 15) is 0 Å². The summed E-state index contributed by atoms with van der Waals surface area (Å²) in [6.07, 6.45) is 6.82. The summed E-state index contributed by atoms with van der Waals surface area (Å²) in [6.45, 7) is 4.54. The molecular weight excluding hydrogens is 198 g/mol. The standard InChI is InChI=1S/C13H15N3/c1-4-5-6-7-15-13-8-10(2)16-11(3)12(13)9-14/h1,8H,5-7H2,2-3H3,(H,15,16). The van der Waals surface area contributed by atoms with Gasteiger partial charge in [-0.1, -0.05) is 0 Å². The van der Waals surface area contributed by atoms with Crippen LogP contribution in [0.5, 0.6) is 0 Å². The summed E-state index contributed by atoms with van der Waals surface area (Å²) in [6, 6.07) is 4.06. The summed E-state index contributed by atoms with van der Waals surface area (Å²) in [5.41, 5.74) is 3.15. The predicted octanol–water partition coefficient (Wildman–Crippen LogP) is 2.40. The highest BCUT2D eigenvalue weighted by Crippen LogP contribution is 2.18. The molecule has 1 rings (SSSR count). The first kappa shape index (κ1) is 12.1. The van der Waals surface area contributed by atoms with Gasteiger partial charge in [-0.2, -0.15) is 5.26 Å². The highest BCUT2D eigenvalue weighted by molar-refractivity contribution is 5.59. The summed E-state index contributed by atoms with van der Waals surface area (Å²) >= 11 is 0. The maximum absolute atomic E-state index is 9.03. The second-order valence-electron chi connectivity index (χ2n) is 3.62. The highest BCUT2D eigenvalue weighted by Gasteiger charge is 2.06.